The Labute approximate surface area is 147 Å². The lowest BCUT2D eigenvalue weighted by molar-refractivity contribution is -0.173. The fraction of sp³-hybridized carbons (Fsp3) is 0.429. The fourth-order valence-corrected chi connectivity index (χ4v) is 5.18. The van der Waals surface area contributed by atoms with Crippen molar-refractivity contribution in [3.8, 4) is 0 Å². The summed E-state index contributed by atoms with van der Waals surface area (Å²) < 4.78 is 10.9. The van der Waals surface area contributed by atoms with Crippen LogP contribution in [0.1, 0.15) is 36.8 Å². The van der Waals surface area contributed by atoms with Crippen LogP contribution >= 0.6 is 0 Å². The van der Waals surface area contributed by atoms with Crippen LogP contribution in [-0.2, 0) is 19.1 Å². The molecule has 0 aliphatic heterocycles. The van der Waals surface area contributed by atoms with Crippen LogP contribution in [0.25, 0.3) is 0 Å². The van der Waals surface area contributed by atoms with Gasteiger partial charge in [0.1, 0.15) is 0 Å². The molecule has 4 atom stereocenters. The summed E-state index contributed by atoms with van der Waals surface area (Å²) in [4.78, 5) is 26.4. The molecule has 4 rings (SSSR count). The van der Waals surface area contributed by atoms with Crippen LogP contribution in [0.5, 0.6) is 0 Å². The third kappa shape index (κ3) is 1.94. The van der Waals surface area contributed by atoms with E-state index in [9.17, 15) is 9.59 Å². The first-order chi connectivity index (χ1) is 12.2. The zero-order chi connectivity index (χ0) is 17.6. The zero-order valence-electron chi connectivity index (χ0n) is 14.5. The number of benzene rings is 1. The van der Waals surface area contributed by atoms with Crippen molar-refractivity contribution < 1.29 is 19.1 Å². The number of carbonyl (C=O) groups is 2. The molecular formula is C21H22O4. The van der Waals surface area contributed by atoms with Crippen LogP contribution < -0.4 is 0 Å². The average Bonchev–Trinajstić information content (AvgIpc) is 3.11. The highest BCUT2D eigenvalue weighted by molar-refractivity contribution is 6.04. The van der Waals surface area contributed by atoms with E-state index in [2.05, 4.69) is 12.2 Å². The van der Waals surface area contributed by atoms with E-state index in [0.717, 1.165) is 11.1 Å². The lowest BCUT2D eigenvalue weighted by Crippen LogP contribution is -2.45. The largest absolute Gasteiger partial charge is 0.465 e. The highest BCUT2D eigenvalue weighted by atomic mass is 16.6. The molecule has 4 heteroatoms. The molecule has 4 nitrogen and oxygen atoms in total. The predicted octanol–water partition coefficient (Wildman–Crippen LogP) is 3.35. The van der Waals surface area contributed by atoms with Crippen molar-refractivity contribution in [1.29, 1.82) is 0 Å². The molecule has 3 aliphatic rings. The smallest absolute Gasteiger partial charge is 0.324 e. The molecule has 0 radical (unpaired) electrons. The predicted molar refractivity (Wildman–Crippen MR) is 92.9 cm³/mol. The first-order valence-corrected chi connectivity index (χ1v) is 8.96. The first kappa shape index (κ1) is 16.1. The summed E-state index contributed by atoms with van der Waals surface area (Å²) in [6.45, 7) is 4.04. The van der Waals surface area contributed by atoms with Gasteiger partial charge < -0.3 is 9.47 Å². The van der Waals surface area contributed by atoms with Crippen LogP contribution in [0.15, 0.2) is 48.6 Å². The molecule has 0 heterocycles. The van der Waals surface area contributed by atoms with Gasteiger partial charge in [0, 0.05) is 11.8 Å². The van der Waals surface area contributed by atoms with Crippen molar-refractivity contribution in [2.45, 2.75) is 25.7 Å². The van der Waals surface area contributed by atoms with Crippen LogP contribution in [-0.4, -0.2) is 25.2 Å². The van der Waals surface area contributed by atoms with Crippen LogP contribution in [0.4, 0.5) is 0 Å². The highest BCUT2D eigenvalue weighted by Crippen LogP contribution is 2.71. The Hall–Kier alpha value is -2.36. The molecular weight excluding hydrogens is 316 g/mol. The number of allylic oxidation sites excluding steroid dienone is 4. The van der Waals surface area contributed by atoms with E-state index in [1.54, 1.807) is 13.8 Å². The maximum absolute atomic E-state index is 13.2. The molecule has 1 aromatic carbocycles. The van der Waals surface area contributed by atoms with Gasteiger partial charge in [-0.2, -0.15) is 0 Å². The monoisotopic (exact) mass is 338 g/mol. The van der Waals surface area contributed by atoms with Gasteiger partial charge in [0.05, 0.1) is 13.2 Å². The Bertz CT molecular complexity index is 711. The lowest BCUT2D eigenvalue weighted by atomic mass is 9.74. The van der Waals surface area contributed by atoms with Gasteiger partial charge in [-0.1, -0.05) is 48.6 Å². The Balaban J connectivity index is 1.95. The van der Waals surface area contributed by atoms with E-state index in [1.807, 2.05) is 36.4 Å². The van der Waals surface area contributed by atoms with Gasteiger partial charge in [0.15, 0.2) is 5.41 Å². The number of hydrogen-bond acceptors (Lipinski definition) is 4. The normalized spacial score (nSPS) is 29.8. The quantitative estimate of drug-likeness (QED) is 0.624. The summed E-state index contributed by atoms with van der Waals surface area (Å²) in [5.74, 6) is -1.15. The molecule has 1 aromatic rings. The van der Waals surface area contributed by atoms with Crippen LogP contribution in [0.3, 0.4) is 0 Å². The van der Waals surface area contributed by atoms with Gasteiger partial charge in [-0.3, -0.25) is 9.59 Å². The molecule has 0 unspecified atom stereocenters. The van der Waals surface area contributed by atoms with Gasteiger partial charge in [-0.15, -0.1) is 0 Å². The lowest BCUT2D eigenvalue weighted by Gasteiger charge is -2.30. The summed E-state index contributed by atoms with van der Waals surface area (Å²) >= 11 is 0. The summed E-state index contributed by atoms with van der Waals surface area (Å²) in [7, 11) is 0. The molecule has 0 spiro atoms. The first-order valence-electron chi connectivity index (χ1n) is 8.96. The van der Waals surface area contributed by atoms with Gasteiger partial charge >= 0.3 is 11.9 Å². The minimum Gasteiger partial charge on any atom is -0.465 e. The highest BCUT2D eigenvalue weighted by Gasteiger charge is 2.73. The van der Waals surface area contributed by atoms with E-state index in [1.165, 1.54) is 0 Å². The fourth-order valence-electron chi connectivity index (χ4n) is 5.18. The second-order valence-electron chi connectivity index (χ2n) is 6.82. The van der Waals surface area contributed by atoms with Crippen molar-refractivity contribution in [3.63, 3.8) is 0 Å². The molecule has 0 amide bonds. The second kappa shape index (κ2) is 5.87. The summed E-state index contributed by atoms with van der Waals surface area (Å²) in [5.41, 5.74) is 0.869. The molecule has 0 N–H and O–H groups in total. The standard InChI is InChI=1S/C21H22O4/c1-3-24-19(22)21(20(23)25-4-2)17-13-9-5-6-10-14(13)18(21)16-12-8-7-11-15(16)17/h5-14,17-18H,3-4H2,1-2H3/t13-,14+,17-,18-/m1/s1. The molecule has 3 aliphatic carbocycles. The van der Waals surface area contributed by atoms with Crippen molar-refractivity contribution in [2.24, 2.45) is 17.3 Å². The summed E-state index contributed by atoms with van der Waals surface area (Å²) in [5, 5.41) is 0. The maximum atomic E-state index is 13.2. The summed E-state index contributed by atoms with van der Waals surface area (Å²) in [6.07, 6.45) is 8.26. The Kier molecular flexibility index (Phi) is 3.78. The molecule has 130 valence electrons. The van der Waals surface area contributed by atoms with E-state index >= 15 is 0 Å². The van der Waals surface area contributed by atoms with Gasteiger partial charge in [-0.25, -0.2) is 0 Å². The van der Waals surface area contributed by atoms with Gasteiger partial charge in [0.2, 0.25) is 0 Å². The number of fused-ring (bicyclic) bond motifs is 8. The SMILES string of the molecule is CCOC(=O)C1(C(=O)OCC)[C@H]2c3ccccc3[C@H]1[C@H]1C=CC=C[C@H]12. The van der Waals surface area contributed by atoms with E-state index in [4.69, 9.17) is 9.47 Å². The minimum atomic E-state index is -1.29. The number of esters is 2. The Morgan fingerprint density at radius 3 is 1.72 bits per heavy atom. The molecule has 1 saturated carbocycles. The Morgan fingerprint density at radius 2 is 1.32 bits per heavy atom. The minimum absolute atomic E-state index is 0.110. The maximum Gasteiger partial charge on any atom is 0.324 e. The van der Waals surface area contributed by atoms with E-state index in [0.29, 0.717) is 0 Å². The van der Waals surface area contributed by atoms with Crippen LogP contribution in [0, 0.1) is 17.3 Å². The van der Waals surface area contributed by atoms with Crippen molar-refractivity contribution in [1.82, 2.24) is 0 Å². The van der Waals surface area contributed by atoms with E-state index < -0.39 is 17.4 Å². The number of ether oxygens (including phenoxy) is 2. The Morgan fingerprint density at radius 1 is 0.880 bits per heavy atom. The molecule has 0 saturated heterocycles. The molecule has 2 bridgehead atoms. The average molecular weight is 338 g/mol. The molecule has 0 aromatic heterocycles. The van der Waals surface area contributed by atoms with Crippen molar-refractivity contribution in [3.05, 3.63) is 59.7 Å². The number of carbonyl (C=O) groups excluding carboxylic acids is 2. The molecule has 25 heavy (non-hydrogen) atoms. The zero-order valence-corrected chi connectivity index (χ0v) is 14.5. The van der Waals surface area contributed by atoms with Crippen LogP contribution in [0.2, 0.25) is 0 Å². The van der Waals surface area contributed by atoms with Gasteiger partial charge in [-0.05, 0) is 36.8 Å². The summed E-state index contributed by atoms with van der Waals surface area (Å²) in [6, 6.07) is 8.02. The van der Waals surface area contributed by atoms with Crippen molar-refractivity contribution in [2.75, 3.05) is 13.2 Å². The van der Waals surface area contributed by atoms with Gasteiger partial charge in [0.25, 0.3) is 0 Å². The van der Waals surface area contributed by atoms with E-state index in [-0.39, 0.29) is 36.9 Å². The number of hydrogen-bond donors (Lipinski definition) is 0. The topological polar surface area (TPSA) is 52.6 Å². The third-order valence-corrected chi connectivity index (χ3v) is 5.87. The third-order valence-electron chi connectivity index (χ3n) is 5.87. The van der Waals surface area contributed by atoms with Crippen molar-refractivity contribution >= 4 is 11.9 Å². The number of rotatable bonds is 4. The molecule has 1 fully saturated rings. The second-order valence-corrected chi connectivity index (χ2v) is 6.82.